The van der Waals surface area contributed by atoms with Crippen molar-refractivity contribution < 1.29 is 19.1 Å². The molecule has 1 aliphatic rings. The molecule has 0 atom stereocenters. The van der Waals surface area contributed by atoms with Crippen LogP contribution < -0.4 is 9.64 Å². The predicted octanol–water partition coefficient (Wildman–Crippen LogP) is 0.739. The van der Waals surface area contributed by atoms with Gasteiger partial charge in [-0.05, 0) is 24.3 Å². The molecule has 0 radical (unpaired) electrons. The minimum Gasteiger partial charge on any atom is -0.497 e. The SMILES string of the molecule is COc1ccc(N(CC(=O)N2CCN(C(C)=O)CC2)C(C)=O)cc1. The van der Waals surface area contributed by atoms with Crippen LogP contribution in [-0.4, -0.2) is 67.4 Å². The molecule has 2 rings (SSSR count). The van der Waals surface area contributed by atoms with Crippen LogP contribution in [0.1, 0.15) is 13.8 Å². The number of carbonyl (C=O) groups is 3. The van der Waals surface area contributed by atoms with Gasteiger partial charge in [0, 0.05) is 45.7 Å². The second-order valence-electron chi connectivity index (χ2n) is 5.69. The molecule has 0 saturated carbocycles. The highest BCUT2D eigenvalue weighted by molar-refractivity contribution is 5.97. The Labute approximate surface area is 141 Å². The van der Waals surface area contributed by atoms with E-state index in [0.29, 0.717) is 37.6 Å². The third kappa shape index (κ3) is 4.24. The maximum Gasteiger partial charge on any atom is 0.242 e. The Kier molecular flexibility index (Phi) is 5.78. The zero-order chi connectivity index (χ0) is 17.7. The largest absolute Gasteiger partial charge is 0.497 e. The van der Waals surface area contributed by atoms with Gasteiger partial charge in [0.1, 0.15) is 12.3 Å². The Morgan fingerprint density at radius 1 is 1.00 bits per heavy atom. The van der Waals surface area contributed by atoms with E-state index in [0.717, 1.165) is 0 Å². The molecule has 3 amide bonds. The third-order valence-electron chi connectivity index (χ3n) is 4.14. The molecule has 1 heterocycles. The van der Waals surface area contributed by atoms with Gasteiger partial charge in [-0.1, -0.05) is 0 Å². The third-order valence-corrected chi connectivity index (χ3v) is 4.14. The Bertz CT molecular complexity index is 607. The number of benzene rings is 1. The summed E-state index contributed by atoms with van der Waals surface area (Å²) in [6.07, 6.45) is 0. The standard InChI is InChI=1S/C17H23N3O4/c1-13(21)18-8-10-19(11-9-18)17(23)12-20(14(2)22)15-4-6-16(24-3)7-5-15/h4-7H,8-12H2,1-3H3. The van der Waals surface area contributed by atoms with Gasteiger partial charge in [0.25, 0.3) is 0 Å². The second kappa shape index (κ2) is 7.81. The fourth-order valence-electron chi connectivity index (χ4n) is 2.65. The van der Waals surface area contributed by atoms with Crippen LogP contribution in [0.4, 0.5) is 5.69 Å². The van der Waals surface area contributed by atoms with Crippen molar-refractivity contribution in [1.29, 1.82) is 0 Å². The highest BCUT2D eigenvalue weighted by Crippen LogP contribution is 2.19. The molecular formula is C17H23N3O4. The van der Waals surface area contributed by atoms with Crippen molar-refractivity contribution in [2.45, 2.75) is 13.8 Å². The maximum atomic E-state index is 12.5. The van der Waals surface area contributed by atoms with Crippen LogP contribution in [0.25, 0.3) is 0 Å². The van der Waals surface area contributed by atoms with Crippen molar-refractivity contribution in [1.82, 2.24) is 9.80 Å². The molecule has 24 heavy (non-hydrogen) atoms. The summed E-state index contributed by atoms with van der Waals surface area (Å²) in [6, 6.07) is 7.01. The normalized spacial score (nSPS) is 14.3. The first kappa shape index (κ1) is 17.8. The molecule has 7 heteroatoms. The zero-order valence-electron chi connectivity index (χ0n) is 14.3. The summed E-state index contributed by atoms with van der Waals surface area (Å²) >= 11 is 0. The number of methoxy groups -OCH3 is 1. The number of piperazine rings is 1. The van der Waals surface area contributed by atoms with E-state index in [-0.39, 0.29) is 24.3 Å². The van der Waals surface area contributed by atoms with Crippen LogP contribution in [0, 0.1) is 0 Å². The lowest BCUT2D eigenvalue weighted by Crippen LogP contribution is -2.52. The minimum absolute atomic E-state index is 0.0122. The molecule has 0 spiro atoms. The summed E-state index contributed by atoms with van der Waals surface area (Å²) in [5.74, 6) is 0.389. The first-order valence-electron chi connectivity index (χ1n) is 7.88. The molecule has 0 unspecified atom stereocenters. The molecule has 0 bridgehead atoms. The van der Waals surface area contributed by atoms with Gasteiger partial charge >= 0.3 is 0 Å². The van der Waals surface area contributed by atoms with Gasteiger partial charge in [0.05, 0.1) is 7.11 Å². The quantitative estimate of drug-likeness (QED) is 0.815. The number of nitrogens with zero attached hydrogens (tertiary/aromatic N) is 3. The first-order valence-corrected chi connectivity index (χ1v) is 7.88. The van der Waals surface area contributed by atoms with Gasteiger partial charge in [-0.3, -0.25) is 14.4 Å². The average molecular weight is 333 g/mol. The van der Waals surface area contributed by atoms with E-state index < -0.39 is 0 Å². The van der Waals surface area contributed by atoms with Crippen molar-refractivity contribution in [2.75, 3.05) is 44.7 Å². The molecular weight excluding hydrogens is 310 g/mol. The number of hydrogen-bond acceptors (Lipinski definition) is 4. The molecule has 0 N–H and O–H groups in total. The average Bonchev–Trinajstić information content (AvgIpc) is 2.59. The monoisotopic (exact) mass is 333 g/mol. The number of anilines is 1. The molecule has 1 aliphatic heterocycles. The minimum atomic E-state index is -0.198. The van der Waals surface area contributed by atoms with Crippen LogP contribution in [-0.2, 0) is 14.4 Å². The molecule has 1 saturated heterocycles. The van der Waals surface area contributed by atoms with Crippen molar-refractivity contribution >= 4 is 23.4 Å². The molecule has 130 valence electrons. The zero-order valence-corrected chi connectivity index (χ0v) is 14.3. The number of hydrogen-bond donors (Lipinski definition) is 0. The molecule has 1 fully saturated rings. The fourth-order valence-corrected chi connectivity index (χ4v) is 2.65. The van der Waals surface area contributed by atoms with E-state index in [9.17, 15) is 14.4 Å². The van der Waals surface area contributed by atoms with Gasteiger partial charge < -0.3 is 19.4 Å². The topological polar surface area (TPSA) is 70.2 Å². The van der Waals surface area contributed by atoms with Crippen LogP contribution in [0.5, 0.6) is 5.75 Å². The van der Waals surface area contributed by atoms with Gasteiger partial charge in [-0.2, -0.15) is 0 Å². The lowest BCUT2D eigenvalue weighted by Gasteiger charge is -2.35. The van der Waals surface area contributed by atoms with Gasteiger partial charge in [-0.25, -0.2) is 0 Å². The molecule has 0 aliphatic carbocycles. The summed E-state index contributed by atoms with van der Waals surface area (Å²) in [7, 11) is 1.57. The second-order valence-corrected chi connectivity index (χ2v) is 5.69. The smallest absolute Gasteiger partial charge is 0.242 e. The van der Waals surface area contributed by atoms with Crippen LogP contribution in [0.15, 0.2) is 24.3 Å². The van der Waals surface area contributed by atoms with Gasteiger partial charge in [-0.15, -0.1) is 0 Å². The Hall–Kier alpha value is -2.57. The van der Waals surface area contributed by atoms with Crippen molar-refractivity contribution in [3.8, 4) is 5.75 Å². The number of amides is 3. The molecule has 0 aromatic heterocycles. The molecule has 1 aromatic rings. The van der Waals surface area contributed by atoms with Crippen molar-refractivity contribution in [3.05, 3.63) is 24.3 Å². The predicted molar refractivity (Wildman–Crippen MR) is 89.9 cm³/mol. The fraction of sp³-hybridized carbons (Fsp3) is 0.471. The summed E-state index contributed by atoms with van der Waals surface area (Å²) in [6.45, 7) is 5.00. The number of carbonyl (C=O) groups excluding carboxylic acids is 3. The highest BCUT2D eigenvalue weighted by atomic mass is 16.5. The van der Waals surface area contributed by atoms with E-state index in [1.54, 1.807) is 41.2 Å². The van der Waals surface area contributed by atoms with Gasteiger partial charge in [0.2, 0.25) is 17.7 Å². The van der Waals surface area contributed by atoms with E-state index in [1.807, 2.05) is 0 Å². The Morgan fingerprint density at radius 3 is 2.00 bits per heavy atom. The summed E-state index contributed by atoms with van der Waals surface area (Å²) in [4.78, 5) is 40.6. The van der Waals surface area contributed by atoms with E-state index in [1.165, 1.54) is 18.7 Å². The number of rotatable bonds is 4. The van der Waals surface area contributed by atoms with Crippen LogP contribution >= 0.6 is 0 Å². The Balaban J connectivity index is 2.01. The lowest BCUT2D eigenvalue weighted by atomic mass is 10.2. The van der Waals surface area contributed by atoms with Crippen LogP contribution in [0.2, 0.25) is 0 Å². The van der Waals surface area contributed by atoms with Gasteiger partial charge in [0.15, 0.2) is 0 Å². The lowest BCUT2D eigenvalue weighted by molar-refractivity contribution is -0.137. The summed E-state index contributed by atoms with van der Waals surface area (Å²) in [5.41, 5.74) is 0.652. The van der Waals surface area contributed by atoms with Crippen LogP contribution in [0.3, 0.4) is 0 Å². The highest BCUT2D eigenvalue weighted by Gasteiger charge is 2.25. The Morgan fingerprint density at radius 2 is 1.54 bits per heavy atom. The van der Waals surface area contributed by atoms with Crippen molar-refractivity contribution in [2.24, 2.45) is 0 Å². The summed E-state index contributed by atoms with van der Waals surface area (Å²) in [5, 5.41) is 0. The maximum absolute atomic E-state index is 12.5. The molecule has 7 nitrogen and oxygen atoms in total. The summed E-state index contributed by atoms with van der Waals surface area (Å²) < 4.78 is 5.10. The first-order chi connectivity index (χ1) is 11.4. The number of ether oxygens (including phenoxy) is 1. The van der Waals surface area contributed by atoms with E-state index in [4.69, 9.17) is 4.74 Å². The van der Waals surface area contributed by atoms with E-state index >= 15 is 0 Å². The van der Waals surface area contributed by atoms with E-state index in [2.05, 4.69) is 0 Å². The molecule has 1 aromatic carbocycles. The van der Waals surface area contributed by atoms with Crippen molar-refractivity contribution in [3.63, 3.8) is 0 Å².